The minimum Gasteiger partial charge on any atom is -0.495 e. The number of methoxy groups -OCH3 is 1. The van der Waals surface area contributed by atoms with E-state index < -0.39 is 82.9 Å². The van der Waals surface area contributed by atoms with Crippen molar-refractivity contribution in [3.8, 4) is 0 Å². The highest BCUT2D eigenvalue weighted by molar-refractivity contribution is 8.00. The van der Waals surface area contributed by atoms with Gasteiger partial charge >= 0.3 is 30.2 Å². The standard InChI is InChI=1S/C22H21F3N4O11S/c1-38-15-13(19(34)35)29-11(30)6-12(29)41-17(15)28-16(31)14(40-20(36)22(23,24)25)8-3-2-4-9(5-8)27-21(37)39-7-10(26)18(32)33/h2-5,10,12,14,17H,6-7,26H2,1H3,(H,27,37)(H,28,31)(H,32,33)(H,34,35)/t10-,12+,14?,17?/m1/s1. The van der Waals surface area contributed by atoms with E-state index in [0.717, 1.165) is 35.9 Å². The zero-order chi connectivity index (χ0) is 30.6. The number of β-lactam (4-membered cyclic amide) rings is 1. The van der Waals surface area contributed by atoms with Crippen LogP contribution in [0.2, 0.25) is 0 Å². The zero-order valence-electron chi connectivity index (χ0n) is 20.7. The van der Waals surface area contributed by atoms with Crippen molar-refractivity contribution in [2.45, 2.75) is 35.5 Å². The number of carboxylic acids is 2. The number of ether oxygens (including phenoxy) is 3. The lowest BCUT2D eigenvalue weighted by Crippen LogP contribution is -2.57. The molecule has 2 heterocycles. The second kappa shape index (κ2) is 12.3. The quantitative estimate of drug-likeness (QED) is 0.181. The molecule has 0 radical (unpaired) electrons. The number of fused-ring (bicyclic) bond motifs is 1. The van der Waals surface area contributed by atoms with Crippen LogP contribution >= 0.6 is 11.8 Å². The molecule has 1 saturated heterocycles. The van der Waals surface area contributed by atoms with Crippen LogP contribution < -0.4 is 16.4 Å². The fourth-order valence-corrected chi connectivity index (χ4v) is 4.97. The van der Waals surface area contributed by atoms with E-state index in [9.17, 15) is 47.0 Å². The van der Waals surface area contributed by atoms with E-state index in [0.29, 0.717) is 0 Å². The molecule has 1 aromatic carbocycles. The largest absolute Gasteiger partial charge is 0.495 e. The fourth-order valence-electron chi connectivity index (χ4n) is 3.56. The van der Waals surface area contributed by atoms with E-state index in [4.69, 9.17) is 15.6 Å². The molecule has 0 aliphatic carbocycles. The number of esters is 1. The summed E-state index contributed by atoms with van der Waals surface area (Å²) in [5.41, 5.74) is 4.14. The van der Waals surface area contributed by atoms with Gasteiger partial charge in [-0.05, 0) is 12.1 Å². The minimum absolute atomic E-state index is 0.0848. The number of amides is 3. The number of aliphatic carboxylic acids is 2. The lowest BCUT2D eigenvalue weighted by molar-refractivity contribution is -0.205. The smallest absolute Gasteiger partial charge is 0.490 e. The van der Waals surface area contributed by atoms with Gasteiger partial charge in [-0.25, -0.2) is 14.4 Å². The molecule has 1 fully saturated rings. The number of nitrogens with two attached hydrogens (primary N) is 1. The Balaban J connectivity index is 1.87. The Morgan fingerprint density at radius 1 is 1.22 bits per heavy atom. The molecule has 0 spiro atoms. The predicted molar refractivity (Wildman–Crippen MR) is 128 cm³/mol. The van der Waals surface area contributed by atoms with Crippen LogP contribution in [0.15, 0.2) is 35.7 Å². The summed E-state index contributed by atoms with van der Waals surface area (Å²) < 4.78 is 53.3. The summed E-state index contributed by atoms with van der Waals surface area (Å²) in [6.45, 7) is -0.716. The number of halogens is 3. The van der Waals surface area contributed by atoms with Crippen molar-refractivity contribution in [1.82, 2.24) is 10.2 Å². The van der Waals surface area contributed by atoms with Crippen LogP contribution in [0.5, 0.6) is 0 Å². The molecule has 1 aromatic rings. The number of hydrogen-bond donors (Lipinski definition) is 5. The van der Waals surface area contributed by atoms with Gasteiger partial charge in [-0.3, -0.25) is 24.6 Å². The van der Waals surface area contributed by atoms with Crippen molar-refractivity contribution in [3.05, 3.63) is 41.3 Å². The number of hydrogen-bond acceptors (Lipinski definition) is 11. The Labute approximate surface area is 231 Å². The number of rotatable bonds is 10. The number of alkyl halides is 3. The number of thioether (sulfide) groups is 1. The number of nitrogens with one attached hydrogen (secondary N) is 2. The maximum Gasteiger partial charge on any atom is 0.490 e. The number of anilines is 1. The van der Waals surface area contributed by atoms with Crippen molar-refractivity contribution in [3.63, 3.8) is 0 Å². The molecule has 3 amide bonds. The Bertz CT molecular complexity index is 1310. The number of nitrogens with zero attached hydrogens (tertiary/aromatic N) is 1. The van der Waals surface area contributed by atoms with Gasteiger partial charge in [-0.2, -0.15) is 13.2 Å². The van der Waals surface area contributed by atoms with Crippen LogP contribution in [0.4, 0.5) is 23.7 Å². The summed E-state index contributed by atoms with van der Waals surface area (Å²) in [6.07, 6.45) is -9.04. The molecule has 41 heavy (non-hydrogen) atoms. The van der Waals surface area contributed by atoms with Crippen LogP contribution in [0.3, 0.4) is 0 Å². The molecule has 222 valence electrons. The molecule has 3 rings (SSSR count). The highest BCUT2D eigenvalue weighted by Crippen LogP contribution is 2.43. The maximum absolute atomic E-state index is 13.2. The molecule has 2 aliphatic heterocycles. The molecule has 0 bridgehead atoms. The maximum atomic E-state index is 13.2. The van der Waals surface area contributed by atoms with Crippen molar-refractivity contribution in [1.29, 1.82) is 0 Å². The van der Waals surface area contributed by atoms with E-state index in [-0.39, 0.29) is 17.7 Å². The van der Waals surface area contributed by atoms with Gasteiger partial charge in [0.1, 0.15) is 18.0 Å². The summed E-state index contributed by atoms with van der Waals surface area (Å²) in [6, 6.07) is 2.96. The van der Waals surface area contributed by atoms with Gasteiger partial charge in [0.15, 0.2) is 11.5 Å². The van der Waals surface area contributed by atoms with Gasteiger partial charge in [-0.15, -0.1) is 11.8 Å². The Morgan fingerprint density at radius 2 is 1.90 bits per heavy atom. The molecule has 2 unspecified atom stereocenters. The molecule has 2 aliphatic rings. The third-order valence-electron chi connectivity index (χ3n) is 5.45. The van der Waals surface area contributed by atoms with Gasteiger partial charge < -0.3 is 35.5 Å². The average Bonchev–Trinajstić information content (AvgIpc) is 2.88. The summed E-state index contributed by atoms with van der Waals surface area (Å²) in [5, 5.41) is 20.7. The van der Waals surface area contributed by atoms with Gasteiger partial charge in [0.2, 0.25) is 12.0 Å². The van der Waals surface area contributed by atoms with Gasteiger partial charge in [-0.1, -0.05) is 12.1 Å². The van der Waals surface area contributed by atoms with Crippen molar-refractivity contribution >= 4 is 53.3 Å². The number of carbonyl (C=O) groups is 6. The van der Waals surface area contributed by atoms with Crippen molar-refractivity contribution in [2.24, 2.45) is 5.73 Å². The monoisotopic (exact) mass is 606 g/mol. The van der Waals surface area contributed by atoms with E-state index in [2.05, 4.69) is 20.1 Å². The lowest BCUT2D eigenvalue weighted by Gasteiger charge is -2.45. The van der Waals surface area contributed by atoms with E-state index >= 15 is 0 Å². The van der Waals surface area contributed by atoms with Gasteiger partial charge in [0, 0.05) is 11.3 Å². The third kappa shape index (κ3) is 7.17. The lowest BCUT2D eigenvalue weighted by atomic mass is 10.1. The Hall–Kier alpha value is -4.52. The summed E-state index contributed by atoms with van der Waals surface area (Å²) in [4.78, 5) is 72.3. The average molecular weight is 606 g/mol. The highest BCUT2D eigenvalue weighted by Gasteiger charge is 2.50. The molecular weight excluding hydrogens is 585 g/mol. The van der Waals surface area contributed by atoms with Crippen LogP contribution in [0, 0.1) is 0 Å². The first-order chi connectivity index (χ1) is 19.1. The minimum atomic E-state index is -5.50. The fraction of sp³-hybridized carbons (Fsp3) is 0.364. The predicted octanol–water partition coefficient (Wildman–Crippen LogP) is 0.484. The van der Waals surface area contributed by atoms with Gasteiger partial charge in [0.25, 0.3) is 5.91 Å². The van der Waals surface area contributed by atoms with E-state index in [1.165, 1.54) is 12.1 Å². The second-order valence-corrected chi connectivity index (χ2v) is 9.53. The molecule has 0 saturated carbocycles. The van der Waals surface area contributed by atoms with Crippen molar-refractivity contribution < 1.29 is 66.4 Å². The molecule has 19 heteroatoms. The SMILES string of the molecule is COC1=C(C(=O)O)N2C(=O)C[C@@H]2SC1NC(=O)C(OC(=O)C(F)(F)F)c1cccc(NC(=O)OC[C@@H](N)C(=O)O)c1. The second-order valence-electron chi connectivity index (χ2n) is 8.25. The summed E-state index contributed by atoms with van der Waals surface area (Å²) >= 11 is 0.864. The number of carbonyl (C=O) groups excluding carboxylic acids is 4. The molecule has 4 atom stereocenters. The zero-order valence-corrected chi connectivity index (χ0v) is 21.5. The first kappa shape index (κ1) is 31.0. The molecule has 15 nitrogen and oxygen atoms in total. The molecule has 0 aromatic heterocycles. The summed E-state index contributed by atoms with van der Waals surface area (Å²) in [7, 11) is 1.06. The van der Waals surface area contributed by atoms with Crippen LogP contribution in [0.1, 0.15) is 18.1 Å². The third-order valence-corrected chi connectivity index (χ3v) is 6.74. The normalized spacial score (nSPS) is 19.6. The van der Waals surface area contributed by atoms with E-state index in [1.54, 1.807) is 0 Å². The number of carboxylic acid groups (broad SMARTS) is 2. The Morgan fingerprint density at radius 3 is 2.46 bits per heavy atom. The first-order valence-corrected chi connectivity index (χ1v) is 12.2. The summed E-state index contributed by atoms with van der Waals surface area (Å²) in [5.74, 6) is -7.98. The van der Waals surface area contributed by atoms with E-state index in [1.807, 2.05) is 0 Å². The van der Waals surface area contributed by atoms with Gasteiger partial charge in [0.05, 0.1) is 18.9 Å². The van der Waals surface area contributed by atoms with Crippen LogP contribution in [-0.2, 0) is 38.2 Å². The first-order valence-electron chi connectivity index (χ1n) is 11.2. The van der Waals surface area contributed by atoms with Crippen LogP contribution in [0.25, 0.3) is 0 Å². The Kier molecular flexibility index (Phi) is 9.33. The molecule has 6 N–H and O–H groups in total. The topological polar surface area (TPSA) is 224 Å². The van der Waals surface area contributed by atoms with Crippen LogP contribution in [-0.4, -0.2) is 87.6 Å². The highest BCUT2D eigenvalue weighted by atomic mass is 32.2. The van der Waals surface area contributed by atoms with Crippen molar-refractivity contribution in [2.75, 3.05) is 19.0 Å². The number of benzene rings is 1. The molecular formula is C22H21F3N4O11S.